The minimum Gasteiger partial charge on any atom is -0.347 e. The number of benzene rings is 1. The lowest BCUT2D eigenvalue weighted by Gasteiger charge is -2.45. The zero-order valence-electron chi connectivity index (χ0n) is 16.3. The van der Waals surface area contributed by atoms with Gasteiger partial charge in [-0.05, 0) is 32.8 Å². The van der Waals surface area contributed by atoms with Crippen LogP contribution in [-0.2, 0) is 20.2 Å². The molecule has 0 aromatic heterocycles. The van der Waals surface area contributed by atoms with Crippen molar-refractivity contribution in [2.24, 2.45) is 0 Å². The average Bonchev–Trinajstić information content (AvgIpc) is 2.50. The normalized spacial score (nSPS) is 24.1. The second-order valence-electron chi connectivity index (χ2n) is 8.35. The molecule has 0 N–H and O–H groups in total. The highest BCUT2D eigenvalue weighted by molar-refractivity contribution is 7.92. The summed E-state index contributed by atoms with van der Waals surface area (Å²) in [6.07, 6.45) is 2.43. The molecule has 5 heteroatoms. The Bertz CT molecular complexity index is 794. The van der Waals surface area contributed by atoms with Gasteiger partial charge in [0.25, 0.3) is 0 Å². The average molecular weight is 379 g/mol. The van der Waals surface area contributed by atoms with Gasteiger partial charge in [0, 0.05) is 5.56 Å². The number of hydrogen-bond donors (Lipinski definition) is 0. The predicted octanol–water partition coefficient (Wildman–Crippen LogP) is 4.88. The number of fused-ring (bicyclic) bond motifs is 1. The van der Waals surface area contributed by atoms with E-state index in [2.05, 4.69) is 38.0 Å². The summed E-state index contributed by atoms with van der Waals surface area (Å²) < 4.78 is 33.3. The summed E-state index contributed by atoms with van der Waals surface area (Å²) in [4.78, 5) is -0.856. The van der Waals surface area contributed by atoms with Crippen LogP contribution in [0.25, 0.3) is 0 Å². The summed E-state index contributed by atoms with van der Waals surface area (Å²) in [7, 11) is -5.19. The van der Waals surface area contributed by atoms with E-state index in [9.17, 15) is 8.42 Å². The van der Waals surface area contributed by atoms with Crippen LogP contribution in [0, 0.1) is 11.5 Å². The Kier molecular flexibility index (Phi) is 5.58. The molecule has 3 nitrogen and oxygen atoms in total. The summed E-state index contributed by atoms with van der Waals surface area (Å²) in [5.41, 5.74) is 3.38. The largest absolute Gasteiger partial charge is 0.347 e. The molecule has 0 radical (unpaired) electrons. The lowest BCUT2D eigenvalue weighted by atomic mass is 9.96. The summed E-state index contributed by atoms with van der Waals surface area (Å²) in [6.45, 7) is 12.5. The van der Waals surface area contributed by atoms with Gasteiger partial charge in [0.05, 0.1) is 16.9 Å². The molecule has 2 rings (SSSR count). The molecule has 0 fully saturated rings. The van der Waals surface area contributed by atoms with Crippen LogP contribution in [-0.4, -0.2) is 21.4 Å². The molecule has 138 valence electrons. The topological polar surface area (TPSA) is 43.4 Å². The fourth-order valence-electron chi connectivity index (χ4n) is 3.27. The summed E-state index contributed by atoms with van der Waals surface area (Å²) in [5.74, 6) is 3.18. The van der Waals surface area contributed by atoms with Crippen LogP contribution in [0.1, 0.15) is 52.0 Å². The molecule has 0 saturated heterocycles. The summed E-state index contributed by atoms with van der Waals surface area (Å²) in [5, 5.41) is 0. The third-order valence-electron chi connectivity index (χ3n) is 4.49. The molecule has 1 aromatic carbocycles. The standard InChI is InChI=1S/C20H30O3SSi/c1-7-8-14-20(15-11-16-25(4,5)6)23-19(2,3)17-12-9-10-13-18(17)24(20,21)22/h9-10,12-13H,7-8,14-15H2,1-6H3. The van der Waals surface area contributed by atoms with Gasteiger partial charge in [0.2, 0.25) is 9.84 Å². The van der Waals surface area contributed by atoms with Crippen LogP contribution in [0.15, 0.2) is 29.2 Å². The number of hydrogen-bond acceptors (Lipinski definition) is 3. The Labute approximate surface area is 154 Å². The summed E-state index contributed by atoms with van der Waals surface area (Å²) >= 11 is 0. The first-order valence-electron chi connectivity index (χ1n) is 8.99. The zero-order chi connectivity index (χ0) is 18.9. The molecule has 1 heterocycles. The van der Waals surface area contributed by atoms with Gasteiger partial charge in [-0.1, -0.05) is 51.2 Å². The Morgan fingerprint density at radius 3 is 2.40 bits per heavy atom. The molecule has 1 aliphatic rings. The molecular weight excluding hydrogens is 348 g/mol. The molecule has 0 spiro atoms. The number of rotatable bonds is 4. The summed E-state index contributed by atoms with van der Waals surface area (Å²) in [6, 6.07) is 7.21. The minimum absolute atomic E-state index is 0.233. The van der Waals surface area contributed by atoms with Gasteiger partial charge in [0.15, 0.2) is 4.93 Å². The Morgan fingerprint density at radius 1 is 1.16 bits per heavy atom. The van der Waals surface area contributed by atoms with Crippen molar-refractivity contribution in [2.75, 3.05) is 0 Å². The van der Waals surface area contributed by atoms with Gasteiger partial charge in [-0.3, -0.25) is 0 Å². The van der Waals surface area contributed by atoms with E-state index in [1.165, 1.54) is 0 Å². The van der Waals surface area contributed by atoms with E-state index in [0.29, 0.717) is 11.3 Å². The maximum Gasteiger partial charge on any atom is 0.209 e. The first-order chi connectivity index (χ1) is 11.5. The van der Waals surface area contributed by atoms with Gasteiger partial charge in [-0.15, -0.1) is 11.5 Å². The highest BCUT2D eigenvalue weighted by Crippen LogP contribution is 2.48. The molecule has 0 saturated carbocycles. The molecule has 0 aliphatic carbocycles. The molecule has 1 atom stereocenters. The number of unbranched alkanes of at least 4 members (excludes halogenated alkanes) is 1. The predicted molar refractivity (Wildman–Crippen MR) is 106 cm³/mol. The van der Waals surface area contributed by atoms with Crippen molar-refractivity contribution in [1.29, 1.82) is 0 Å². The maximum atomic E-state index is 13.5. The van der Waals surface area contributed by atoms with Crippen LogP contribution in [0.4, 0.5) is 0 Å². The van der Waals surface area contributed by atoms with Gasteiger partial charge >= 0.3 is 0 Å². The highest BCUT2D eigenvalue weighted by Gasteiger charge is 2.54. The third-order valence-corrected chi connectivity index (χ3v) is 7.76. The number of sulfone groups is 1. The molecule has 0 bridgehead atoms. The lowest BCUT2D eigenvalue weighted by molar-refractivity contribution is -0.110. The Balaban J connectivity index is 2.60. The molecular formula is C20H30O3SSi. The molecule has 1 unspecified atom stereocenters. The first kappa shape index (κ1) is 20.2. The van der Waals surface area contributed by atoms with Crippen LogP contribution in [0.2, 0.25) is 19.6 Å². The van der Waals surface area contributed by atoms with Gasteiger partial charge in [-0.2, -0.15) is 0 Å². The number of ether oxygens (including phenoxy) is 1. The minimum atomic E-state index is -3.61. The SMILES string of the molecule is CCCCC1(CC#C[Si](C)(C)C)OC(C)(C)c2ccccc2S1(=O)=O. The first-order valence-corrected chi connectivity index (χ1v) is 14.0. The van der Waals surface area contributed by atoms with Crippen molar-refractivity contribution in [3.8, 4) is 11.5 Å². The van der Waals surface area contributed by atoms with Crippen molar-refractivity contribution in [3.63, 3.8) is 0 Å². The van der Waals surface area contributed by atoms with E-state index in [0.717, 1.165) is 18.4 Å². The Morgan fingerprint density at radius 2 is 1.80 bits per heavy atom. The fraction of sp³-hybridized carbons (Fsp3) is 0.600. The monoisotopic (exact) mass is 378 g/mol. The van der Waals surface area contributed by atoms with E-state index in [-0.39, 0.29) is 6.42 Å². The van der Waals surface area contributed by atoms with Crippen molar-refractivity contribution >= 4 is 17.9 Å². The molecule has 25 heavy (non-hydrogen) atoms. The van der Waals surface area contributed by atoms with Crippen molar-refractivity contribution < 1.29 is 13.2 Å². The van der Waals surface area contributed by atoms with E-state index in [4.69, 9.17) is 4.74 Å². The smallest absolute Gasteiger partial charge is 0.209 e. The molecule has 1 aromatic rings. The molecule has 1 aliphatic heterocycles. The van der Waals surface area contributed by atoms with Crippen LogP contribution in [0.3, 0.4) is 0 Å². The van der Waals surface area contributed by atoms with Crippen molar-refractivity contribution in [2.45, 2.75) is 81.5 Å². The maximum absolute atomic E-state index is 13.5. The third kappa shape index (κ3) is 4.02. The fourth-order valence-corrected chi connectivity index (χ4v) is 6.14. The second-order valence-corrected chi connectivity index (χ2v) is 15.3. The van der Waals surface area contributed by atoms with Crippen LogP contribution >= 0.6 is 0 Å². The second kappa shape index (κ2) is 6.90. The highest BCUT2D eigenvalue weighted by atomic mass is 32.2. The van der Waals surface area contributed by atoms with Gasteiger partial charge in [0.1, 0.15) is 8.07 Å². The van der Waals surface area contributed by atoms with Gasteiger partial charge in [-0.25, -0.2) is 8.42 Å². The van der Waals surface area contributed by atoms with E-state index in [1.54, 1.807) is 12.1 Å². The van der Waals surface area contributed by atoms with Crippen LogP contribution < -0.4 is 0 Å². The van der Waals surface area contributed by atoms with Crippen molar-refractivity contribution in [1.82, 2.24) is 0 Å². The lowest BCUT2D eigenvalue weighted by Crippen LogP contribution is -2.51. The molecule has 0 amide bonds. The zero-order valence-corrected chi connectivity index (χ0v) is 18.1. The van der Waals surface area contributed by atoms with Crippen molar-refractivity contribution in [3.05, 3.63) is 29.8 Å². The quantitative estimate of drug-likeness (QED) is 0.554. The van der Waals surface area contributed by atoms with Gasteiger partial charge < -0.3 is 4.74 Å². The van der Waals surface area contributed by atoms with E-state index >= 15 is 0 Å². The van der Waals surface area contributed by atoms with Crippen LogP contribution in [0.5, 0.6) is 0 Å². The van der Waals surface area contributed by atoms with E-state index < -0.39 is 28.4 Å². The van der Waals surface area contributed by atoms with E-state index in [1.807, 2.05) is 26.0 Å². The Hall–Kier alpha value is -1.09.